The smallest absolute Gasteiger partial charge is 0.323 e. The van der Waals surface area contributed by atoms with Gasteiger partial charge in [-0.15, -0.1) is 0 Å². The molecule has 3 N–H and O–H groups in total. The molecule has 0 aromatic carbocycles. The van der Waals surface area contributed by atoms with Crippen molar-refractivity contribution in [2.45, 2.75) is 38.3 Å². The standard InChI is InChI=1S/C12H17N5O2/c1-6-14-9(11(18)13-2)10(15-6)17-8-5-3-4-7(8)16-12(17)19/h7-8H,3-5H2,1-2H3,(H,13,18)(H,14,15)(H,16,19)/t7-,8+/m1/s1. The number of aromatic nitrogens is 2. The molecule has 1 aromatic rings. The van der Waals surface area contributed by atoms with E-state index in [1.54, 1.807) is 18.9 Å². The van der Waals surface area contributed by atoms with Gasteiger partial charge in [-0.25, -0.2) is 9.78 Å². The third-order valence-corrected chi connectivity index (χ3v) is 3.82. The van der Waals surface area contributed by atoms with E-state index in [2.05, 4.69) is 20.6 Å². The summed E-state index contributed by atoms with van der Waals surface area (Å²) in [6, 6.07) is 0.131. The zero-order valence-corrected chi connectivity index (χ0v) is 11.0. The van der Waals surface area contributed by atoms with Crippen LogP contribution in [0.5, 0.6) is 0 Å². The number of urea groups is 1. The Hall–Kier alpha value is -2.05. The van der Waals surface area contributed by atoms with Crippen molar-refractivity contribution in [3.63, 3.8) is 0 Å². The summed E-state index contributed by atoms with van der Waals surface area (Å²) in [5, 5.41) is 5.52. The fourth-order valence-corrected chi connectivity index (χ4v) is 2.99. The molecular formula is C12H17N5O2. The van der Waals surface area contributed by atoms with Crippen LogP contribution in [0.25, 0.3) is 0 Å². The molecule has 0 spiro atoms. The van der Waals surface area contributed by atoms with Crippen molar-refractivity contribution < 1.29 is 9.59 Å². The van der Waals surface area contributed by atoms with E-state index >= 15 is 0 Å². The SMILES string of the molecule is CNC(=O)c1[nH]c(C)nc1N1C(=O)N[C@@H]2CCC[C@@H]21. The minimum atomic E-state index is -0.259. The second kappa shape index (κ2) is 4.25. The van der Waals surface area contributed by atoms with Gasteiger partial charge >= 0.3 is 6.03 Å². The summed E-state index contributed by atoms with van der Waals surface area (Å²) >= 11 is 0. The zero-order chi connectivity index (χ0) is 13.6. The lowest BCUT2D eigenvalue weighted by molar-refractivity contribution is 0.0959. The van der Waals surface area contributed by atoms with Gasteiger partial charge in [0.2, 0.25) is 0 Å². The first kappa shape index (κ1) is 12.0. The van der Waals surface area contributed by atoms with E-state index in [0.29, 0.717) is 17.3 Å². The van der Waals surface area contributed by atoms with Gasteiger partial charge in [0, 0.05) is 7.05 Å². The molecular weight excluding hydrogens is 246 g/mol. The Bertz CT molecular complexity index is 538. The van der Waals surface area contributed by atoms with E-state index in [0.717, 1.165) is 19.3 Å². The monoisotopic (exact) mass is 263 g/mol. The van der Waals surface area contributed by atoms with Gasteiger partial charge in [0.25, 0.3) is 5.91 Å². The third-order valence-electron chi connectivity index (χ3n) is 3.82. The minimum Gasteiger partial charge on any atom is -0.354 e. The summed E-state index contributed by atoms with van der Waals surface area (Å²) in [5.41, 5.74) is 0.350. The molecule has 0 bridgehead atoms. The Labute approximate surface area is 110 Å². The number of nitrogens with one attached hydrogen (secondary N) is 3. The van der Waals surface area contributed by atoms with Gasteiger partial charge in [0.05, 0.1) is 12.1 Å². The number of aryl methyl sites for hydroxylation is 1. The lowest BCUT2D eigenvalue weighted by atomic mass is 10.2. The van der Waals surface area contributed by atoms with Gasteiger partial charge in [0.15, 0.2) is 5.82 Å². The predicted molar refractivity (Wildman–Crippen MR) is 69.2 cm³/mol. The number of carbonyl (C=O) groups excluding carboxylic acids is 2. The molecule has 7 heteroatoms. The largest absolute Gasteiger partial charge is 0.354 e. The molecule has 3 amide bonds. The van der Waals surface area contributed by atoms with Gasteiger partial charge in [-0.2, -0.15) is 0 Å². The molecule has 102 valence electrons. The van der Waals surface area contributed by atoms with Crippen LogP contribution >= 0.6 is 0 Å². The lowest BCUT2D eigenvalue weighted by Crippen LogP contribution is -2.36. The molecule has 1 saturated carbocycles. The van der Waals surface area contributed by atoms with Crippen molar-refractivity contribution in [2.24, 2.45) is 0 Å². The number of amides is 3. The van der Waals surface area contributed by atoms with Crippen molar-refractivity contribution in [3.8, 4) is 0 Å². The van der Waals surface area contributed by atoms with Crippen LogP contribution in [0.4, 0.5) is 10.6 Å². The van der Waals surface area contributed by atoms with Gasteiger partial charge in [0.1, 0.15) is 11.5 Å². The normalized spacial score (nSPS) is 25.4. The average Bonchev–Trinajstić information content (AvgIpc) is 3.02. The van der Waals surface area contributed by atoms with Crippen molar-refractivity contribution in [3.05, 3.63) is 11.5 Å². The van der Waals surface area contributed by atoms with E-state index in [4.69, 9.17) is 0 Å². The van der Waals surface area contributed by atoms with Gasteiger partial charge in [-0.1, -0.05) is 0 Å². The molecule has 1 aliphatic carbocycles. The molecule has 0 radical (unpaired) electrons. The Kier molecular flexibility index (Phi) is 2.69. The van der Waals surface area contributed by atoms with Crippen LogP contribution in [-0.4, -0.2) is 41.0 Å². The van der Waals surface area contributed by atoms with Crippen molar-refractivity contribution >= 4 is 17.8 Å². The van der Waals surface area contributed by atoms with Crippen LogP contribution in [0.2, 0.25) is 0 Å². The van der Waals surface area contributed by atoms with E-state index in [9.17, 15) is 9.59 Å². The van der Waals surface area contributed by atoms with E-state index in [1.807, 2.05) is 0 Å². The topological polar surface area (TPSA) is 90.1 Å². The summed E-state index contributed by atoms with van der Waals surface area (Å²) in [7, 11) is 1.56. The Morgan fingerprint density at radius 3 is 3.00 bits per heavy atom. The summed E-state index contributed by atoms with van der Waals surface area (Å²) in [6.07, 6.45) is 3.03. The first-order valence-corrected chi connectivity index (χ1v) is 6.50. The molecule has 1 aliphatic heterocycles. The highest BCUT2D eigenvalue weighted by atomic mass is 16.2. The number of fused-ring (bicyclic) bond motifs is 1. The molecule has 1 saturated heterocycles. The van der Waals surface area contributed by atoms with Crippen LogP contribution in [0.3, 0.4) is 0 Å². The number of aromatic amines is 1. The fourth-order valence-electron chi connectivity index (χ4n) is 2.99. The van der Waals surface area contributed by atoms with Gasteiger partial charge < -0.3 is 15.6 Å². The number of carbonyl (C=O) groups is 2. The van der Waals surface area contributed by atoms with E-state index < -0.39 is 0 Å². The maximum absolute atomic E-state index is 12.1. The summed E-state index contributed by atoms with van der Waals surface area (Å²) in [6.45, 7) is 1.77. The number of rotatable bonds is 2. The van der Waals surface area contributed by atoms with Crippen molar-refractivity contribution in [1.29, 1.82) is 0 Å². The number of hydrogen-bond donors (Lipinski definition) is 3. The summed E-state index contributed by atoms with van der Waals surface area (Å²) < 4.78 is 0. The molecule has 3 rings (SSSR count). The second-order valence-electron chi connectivity index (χ2n) is 5.02. The average molecular weight is 263 g/mol. The highest BCUT2D eigenvalue weighted by Crippen LogP contribution is 2.33. The van der Waals surface area contributed by atoms with Crippen LogP contribution in [0.15, 0.2) is 0 Å². The number of H-pyrrole nitrogens is 1. The highest BCUT2D eigenvalue weighted by molar-refractivity contribution is 6.03. The second-order valence-corrected chi connectivity index (χ2v) is 5.02. The molecule has 2 heterocycles. The van der Waals surface area contributed by atoms with Crippen LogP contribution in [0, 0.1) is 6.92 Å². The molecule has 1 aromatic heterocycles. The van der Waals surface area contributed by atoms with Gasteiger partial charge in [-0.05, 0) is 26.2 Å². The third kappa shape index (κ3) is 1.76. The Balaban J connectivity index is 2.01. The minimum absolute atomic E-state index is 0.110. The van der Waals surface area contributed by atoms with Crippen LogP contribution in [0.1, 0.15) is 35.6 Å². The molecule has 7 nitrogen and oxygen atoms in total. The number of imidazole rings is 1. The maximum Gasteiger partial charge on any atom is 0.323 e. The first-order valence-electron chi connectivity index (χ1n) is 6.50. The van der Waals surface area contributed by atoms with Gasteiger partial charge in [-0.3, -0.25) is 9.69 Å². The highest BCUT2D eigenvalue weighted by Gasteiger charge is 2.45. The molecule has 2 fully saturated rings. The molecule has 2 atom stereocenters. The van der Waals surface area contributed by atoms with Crippen molar-refractivity contribution in [1.82, 2.24) is 20.6 Å². The Morgan fingerprint density at radius 2 is 2.26 bits per heavy atom. The summed E-state index contributed by atoms with van der Waals surface area (Å²) in [5.74, 6) is 0.802. The molecule has 19 heavy (non-hydrogen) atoms. The fraction of sp³-hybridized carbons (Fsp3) is 0.583. The number of anilines is 1. The number of hydrogen-bond acceptors (Lipinski definition) is 3. The first-order chi connectivity index (χ1) is 9.11. The molecule has 2 aliphatic rings. The van der Waals surface area contributed by atoms with Crippen molar-refractivity contribution in [2.75, 3.05) is 11.9 Å². The van der Waals surface area contributed by atoms with Crippen LogP contribution in [-0.2, 0) is 0 Å². The van der Waals surface area contributed by atoms with E-state index in [1.165, 1.54) is 0 Å². The number of nitrogens with zero attached hydrogens (tertiary/aromatic N) is 2. The van der Waals surface area contributed by atoms with Crippen LogP contribution < -0.4 is 15.5 Å². The molecule has 0 unspecified atom stereocenters. The maximum atomic E-state index is 12.1. The quantitative estimate of drug-likeness (QED) is 0.727. The summed E-state index contributed by atoms with van der Waals surface area (Å²) in [4.78, 5) is 32.8. The zero-order valence-electron chi connectivity index (χ0n) is 11.0. The lowest BCUT2D eigenvalue weighted by Gasteiger charge is -2.20. The predicted octanol–water partition coefficient (Wildman–Crippen LogP) is 0.528. The van der Waals surface area contributed by atoms with E-state index in [-0.39, 0.29) is 24.0 Å². The Morgan fingerprint density at radius 1 is 1.47 bits per heavy atom.